The molecule has 1 atom stereocenters. The Labute approximate surface area is 168 Å². The van der Waals surface area contributed by atoms with Crippen molar-refractivity contribution >= 4 is 11.8 Å². The third kappa shape index (κ3) is 5.35. The summed E-state index contributed by atoms with van der Waals surface area (Å²) in [4.78, 5) is 24.4. The molecule has 0 spiro atoms. The van der Waals surface area contributed by atoms with E-state index in [9.17, 15) is 9.59 Å². The summed E-state index contributed by atoms with van der Waals surface area (Å²) < 4.78 is 12.6. The fraction of sp³-hybridized carbons (Fsp3) is 0.190. The number of benzene rings is 2. The summed E-state index contributed by atoms with van der Waals surface area (Å²) in [5.74, 6) is 0.346. The van der Waals surface area contributed by atoms with Crippen molar-refractivity contribution in [3.8, 4) is 17.2 Å². The summed E-state index contributed by atoms with van der Waals surface area (Å²) in [7, 11) is 0. The average Bonchev–Trinajstić information content (AvgIpc) is 3.28. The molecule has 0 aliphatic carbocycles. The van der Waals surface area contributed by atoms with Crippen LogP contribution in [0.4, 0.5) is 0 Å². The monoisotopic (exact) mass is 394 g/mol. The van der Waals surface area contributed by atoms with Crippen LogP contribution in [0.15, 0.2) is 67.0 Å². The highest BCUT2D eigenvalue weighted by molar-refractivity contribution is 5.95. The molecule has 2 amide bonds. The largest absolute Gasteiger partial charge is 0.494 e. The molecule has 3 rings (SSSR count). The second kappa shape index (κ2) is 9.41. The first-order valence-electron chi connectivity index (χ1n) is 9.16. The Morgan fingerprint density at radius 2 is 1.72 bits per heavy atom. The normalized spacial score (nSPS) is 11.4. The van der Waals surface area contributed by atoms with E-state index in [0.717, 1.165) is 11.4 Å². The number of carbonyl (C=O) groups excluding carboxylic acids is 2. The fourth-order valence-corrected chi connectivity index (χ4v) is 2.52. The third-order valence-electron chi connectivity index (χ3n) is 4.01. The van der Waals surface area contributed by atoms with E-state index in [1.807, 2.05) is 13.0 Å². The van der Waals surface area contributed by atoms with E-state index >= 15 is 0 Å². The van der Waals surface area contributed by atoms with Gasteiger partial charge in [-0.25, -0.2) is 4.68 Å². The molecule has 0 bridgehead atoms. The summed E-state index contributed by atoms with van der Waals surface area (Å²) in [5.41, 5.74) is 5.98. The van der Waals surface area contributed by atoms with Crippen molar-refractivity contribution in [2.24, 2.45) is 0 Å². The smallest absolute Gasteiger partial charge is 0.279 e. The van der Waals surface area contributed by atoms with Gasteiger partial charge in [0.25, 0.3) is 11.8 Å². The Morgan fingerprint density at radius 3 is 2.34 bits per heavy atom. The Bertz CT molecular complexity index is 938. The number of hydrogen-bond donors (Lipinski definition) is 2. The predicted octanol–water partition coefficient (Wildman–Crippen LogP) is 2.50. The van der Waals surface area contributed by atoms with Crippen molar-refractivity contribution < 1.29 is 19.1 Å². The van der Waals surface area contributed by atoms with Gasteiger partial charge in [-0.2, -0.15) is 5.10 Å². The molecule has 29 heavy (non-hydrogen) atoms. The van der Waals surface area contributed by atoms with Crippen molar-refractivity contribution in [2.75, 3.05) is 6.61 Å². The maximum Gasteiger partial charge on any atom is 0.279 e. The Morgan fingerprint density at radius 1 is 1.03 bits per heavy atom. The van der Waals surface area contributed by atoms with Gasteiger partial charge in [0, 0.05) is 18.0 Å². The van der Waals surface area contributed by atoms with Crippen molar-refractivity contribution in [1.29, 1.82) is 0 Å². The van der Waals surface area contributed by atoms with Gasteiger partial charge in [-0.3, -0.25) is 20.4 Å². The minimum Gasteiger partial charge on any atom is -0.494 e. The summed E-state index contributed by atoms with van der Waals surface area (Å²) in [6, 6.07) is 15.6. The summed E-state index contributed by atoms with van der Waals surface area (Å²) >= 11 is 0. The van der Waals surface area contributed by atoms with E-state index in [0.29, 0.717) is 17.9 Å². The number of nitrogens with zero attached hydrogens (tertiary/aromatic N) is 2. The van der Waals surface area contributed by atoms with Gasteiger partial charge in [0.05, 0.1) is 12.3 Å². The van der Waals surface area contributed by atoms with Gasteiger partial charge in [-0.15, -0.1) is 0 Å². The maximum absolute atomic E-state index is 12.2. The fourth-order valence-electron chi connectivity index (χ4n) is 2.52. The van der Waals surface area contributed by atoms with Crippen LogP contribution in [0.25, 0.3) is 5.69 Å². The number of amides is 2. The van der Waals surface area contributed by atoms with E-state index < -0.39 is 17.9 Å². The van der Waals surface area contributed by atoms with Crippen molar-refractivity contribution in [3.63, 3.8) is 0 Å². The van der Waals surface area contributed by atoms with Crippen LogP contribution in [0.3, 0.4) is 0 Å². The van der Waals surface area contributed by atoms with Gasteiger partial charge in [-0.05, 0) is 68.4 Å². The average molecular weight is 394 g/mol. The van der Waals surface area contributed by atoms with Gasteiger partial charge in [0.1, 0.15) is 11.5 Å². The molecule has 1 heterocycles. The number of ether oxygens (including phenoxy) is 2. The van der Waals surface area contributed by atoms with Crippen molar-refractivity contribution in [1.82, 2.24) is 20.6 Å². The second-order valence-corrected chi connectivity index (χ2v) is 6.11. The second-order valence-electron chi connectivity index (χ2n) is 6.11. The van der Waals surface area contributed by atoms with Crippen LogP contribution in [0, 0.1) is 0 Å². The Hall–Kier alpha value is -3.81. The van der Waals surface area contributed by atoms with Gasteiger partial charge in [0.2, 0.25) is 0 Å². The zero-order valence-electron chi connectivity index (χ0n) is 16.2. The molecule has 0 saturated carbocycles. The SMILES string of the molecule is CCOc1ccc(OC(C)C(=O)NNC(=O)c2ccc(-n3cccn3)cc2)cc1. The van der Waals surface area contributed by atoms with E-state index in [1.54, 1.807) is 72.5 Å². The van der Waals surface area contributed by atoms with Gasteiger partial charge in [0.15, 0.2) is 6.10 Å². The highest BCUT2D eigenvalue weighted by Crippen LogP contribution is 2.18. The minimum atomic E-state index is -0.796. The number of nitrogens with one attached hydrogen (secondary N) is 2. The summed E-state index contributed by atoms with van der Waals surface area (Å²) in [5, 5.41) is 4.13. The van der Waals surface area contributed by atoms with Gasteiger partial charge < -0.3 is 9.47 Å². The molecule has 8 heteroatoms. The number of carbonyl (C=O) groups is 2. The first-order chi connectivity index (χ1) is 14.1. The summed E-state index contributed by atoms with van der Waals surface area (Å²) in [6.07, 6.45) is 2.68. The lowest BCUT2D eigenvalue weighted by Gasteiger charge is -2.15. The molecule has 0 saturated heterocycles. The molecule has 0 aliphatic rings. The zero-order valence-corrected chi connectivity index (χ0v) is 16.2. The van der Waals surface area contributed by atoms with Crippen LogP contribution in [0.2, 0.25) is 0 Å². The Kier molecular flexibility index (Phi) is 6.47. The zero-order chi connectivity index (χ0) is 20.6. The van der Waals surface area contributed by atoms with Gasteiger partial charge >= 0.3 is 0 Å². The first-order valence-corrected chi connectivity index (χ1v) is 9.16. The maximum atomic E-state index is 12.2. The van der Waals surface area contributed by atoms with Crippen LogP contribution in [0.5, 0.6) is 11.5 Å². The van der Waals surface area contributed by atoms with Gasteiger partial charge in [-0.1, -0.05) is 0 Å². The molecule has 3 aromatic rings. The van der Waals surface area contributed by atoms with Crippen molar-refractivity contribution in [3.05, 3.63) is 72.6 Å². The number of rotatable bonds is 7. The third-order valence-corrected chi connectivity index (χ3v) is 4.01. The number of hydrazine groups is 1. The lowest BCUT2D eigenvalue weighted by atomic mass is 10.2. The van der Waals surface area contributed by atoms with E-state index in [1.165, 1.54) is 0 Å². The molecule has 2 N–H and O–H groups in total. The molecule has 1 unspecified atom stereocenters. The van der Waals surface area contributed by atoms with Crippen LogP contribution < -0.4 is 20.3 Å². The van der Waals surface area contributed by atoms with E-state index in [2.05, 4.69) is 16.0 Å². The lowest BCUT2D eigenvalue weighted by molar-refractivity contribution is -0.128. The molecule has 150 valence electrons. The van der Waals surface area contributed by atoms with Crippen LogP contribution in [0.1, 0.15) is 24.2 Å². The highest BCUT2D eigenvalue weighted by atomic mass is 16.5. The molecular weight excluding hydrogens is 372 g/mol. The number of hydrogen-bond acceptors (Lipinski definition) is 5. The molecule has 2 aromatic carbocycles. The van der Waals surface area contributed by atoms with Crippen molar-refractivity contribution in [2.45, 2.75) is 20.0 Å². The molecule has 8 nitrogen and oxygen atoms in total. The Balaban J connectivity index is 1.49. The number of aromatic nitrogens is 2. The molecule has 1 aromatic heterocycles. The van der Waals surface area contributed by atoms with Crippen LogP contribution in [-0.2, 0) is 4.79 Å². The molecule has 0 radical (unpaired) electrons. The first kappa shape index (κ1) is 19.9. The summed E-state index contributed by atoms with van der Waals surface area (Å²) in [6.45, 7) is 4.07. The molecule has 0 fully saturated rings. The van der Waals surface area contributed by atoms with E-state index in [-0.39, 0.29) is 0 Å². The van der Waals surface area contributed by atoms with E-state index in [4.69, 9.17) is 9.47 Å². The standard InChI is InChI=1S/C21H22N4O4/c1-3-28-18-9-11-19(12-10-18)29-15(2)20(26)23-24-21(27)16-5-7-17(8-6-16)25-14-4-13-22-25/h4-15H,3H2,1-2H3,(H,23,26)(H,24,27). The lowest BCUT2D eigenvalue weighted by Crippen LogP contribution is -2.47. The van der Waals surface area contributed by atoms with Crippen LogP contribution in [-0.4, -0.2) is 34.3 Å². The topological polar surface area (TPSA) is 94.5 Å². The quantitative estimate of drug-likeness (QED) is 0.601. The molecule has 0 aliphatic heterocycles. The predicted molar refractivity (Wildman–Crippen MR) is 107 cm³/mol. The molecular formula is C21H22N4O4. The highest BCUT2D eigenvalue weighted by Gasteiger charge is 2.16. The minimum absolute atomic E-state index is 0.404. The van der Waals surface area contributed by atoms with Crippen LogP contribution >= 0.6 is 0 Å².